The molecule has 0 unspecified atom stereocenters. The lowest BCUT2D eigenvalue weighted by atomic mass is 10.1. The molecule has 19 heavy (non-hydrogen) atoms. The molecule has 0 amide bonds. The molecule has 0 aromatic heterocycles. The van der Waals surface area contributed by atoms with E-state index in [4.69, 9.17) is 0 Å². The Morgan fingerprint density at radius 3 is 2.63 bits per heavy atom. The zero-order valence-corrected chi connectivity index (χ0v) is 11.8. The maximum Gasteiger partial charge on any atom is 0.289 e. The van der Waals surface area contributed by atoms with Gasteiger partial charge in [-0.05, 0) is 50.0 Å². The minimum Gasteiger partial charge on any atom is -0.313 e. The molecule has 0 saturated heterocycles. The van der Waals surface area contributed by atoms with Gasteiger partial charge in [0.15, 0.2) is 0 Å². The molecule has 0 aliphatic rings. The van der Waals surface area contributed by atoms with Crippen LogP contribution in [-0.4, -0.2) is 27.4 Å². The Hall–Kier alpha value is -1.68. The van der Waals surface area contributed by atoms with Crippen LogP contribution >= 0.6 is 0 Å². The number of nitrogens with zero attached hydrogens (tertiary/aromatic N) is 1. The van der Waals surface area contributed by atoms with Gasteiger partial charge in [-0.25, -0.2) is 0 Å². The standard InChI is InChI=1S/C14H18N2O2S/c1-3-5-11-15-12-10-13-6-8-14(9-7-13)19(17,18)16-4-2/h3,5-9,15H,2,10-12H2,1H3/b5-3+. The van der Waals surface area contributed by atoms with E-state index in [-0.39, 0.29) is 4.90 Å². The SMILES string of the molecule is C=C=NS(=O)(=O)c1ccc(CCNC/C=C/C)cc1. The molecule has 0 fully saturated rings. The lowest BCUT2D eigenvalue weighted by Gasteiger charge is -2.03. The third kappa shape index (κ3) is 5.22. The molecule has 0 saturated carbocycles. The molecule has 0 aliphatic heterocycles. The molecule has 5 heteroatoms. The molecular formula is C14H18N2O2S. The normalized spacial score (nSPS) is 11.4. The highest BCUT2D eigenvalue weighted by Gasteiger charge is 2.10. The van der Waals surface area contributed by atoms with Crippen LogP contribution in [0.1, 0.15) is 12.5 Å². The molecule has 102 valence electrons. The zero-order chi connectivity index (χ0) is 14.1. The van der Waals surface area contributed by atoms with Crippen LogP contribution < -0.4 is 5.32 Å². The van der Waals surface area contributed by atoms with Crippen molar-refractivity contribution in [2.45, 2.75) is 18.2 Å². The largest absolute Gasteiger partial charge is 0.313 e. The van der Waals surface area contributed by atoms with Crippen molar-refractivity contribution in [3.63, 3.8) is 0 Å². The fraction of sp³-hybridized carbons (Fsp3) is 0.286. The van der Waals surface area contributed by atoms with Crippen LogP contribution in [0.5, 0.6) is 0 Å². The van der Waals surface area contributed by atoms with Crippen LogP contribution in [0.25, 0.3) is 0 Å². The molecule has 1 aromatic rings. The summed E-state index contributed by atoms with van der Waals surface area (Å²) in [6.45, 7) is 6.84. The predicted molar refractivity (Wildman–Crippen MR) is 78.1 cm³/mol. The minimum atomic E-state index is -3.63. The number of sulfonamides is 1. The predicted octanol–water partition coefficient (Wildman–Crippen LogP) is 1.94. The summed E-state index contributed by atoms with van der Waals surface area (Å²) in [6.07, 6.45) is 4.89. The number of nitrogens with one attached hydrogen (secondary N) is 1. The summed E-state index contributed by atoms with van der Waals surface area (Å²) >= 11 is 0. The monoisotopic (exact) mass is 278 g/mol. The Kier molecular flexibility index (Phi) is 6.22. The summed E-state index contributed by atoms with van der Waals surface area (Å²) in [5.41, 5.74) is 1.08. The Balaban J connectivity index is 2.60. The summed E-state index contributed by atoms with van der Waals surface area (Å²) in [7, 11) is -3.63. The van der Waals surface area contributed by atoms with E-state index >= 15 is 0 Å². The average molecular weight is 278 g/mol. The second kappa shape index (κ2) is 7.69. The van der Waals surface area contributed by atoms with Crippen molar-refractivity contribution in [1.82, 2.24) is 5.32 Å². The molecule has 4 nitrogen and oxygen atoms in total. The maximum atomic E-state index is 11.6. The van der Waals surface area contributed by atoms with Gasteiger partial charge in [0.2, 0.25) is 0 Å². The topological polar surface area (TPSA) is 58.5 Å². The summed E-state index contributed by atoms with van der Waals surface area (Å²) in [5, 5.41) is 3.26. The highest BCUT2D eigenvalue weighted by molar-refractivity contribution is 7.90. The van der Waals surface area contributed by atoms with Crippen LogP contribution in [0.4, 0.5) is 0 Å². The van der Waals surface area contributed by atoms with E-state index in [1.54, 1.807) is 24.3 Å². The zero-order valence-electron chi connectivity index (χ0n) is 11.0. The second-order valence-electron chi connectivity index (χ2n) is 3.89. The van der Waals surface area contributed by atoms with Gasteiger partial charge in [-0.3, -0.25) is 0 Å². The van der Waals surface area contributed by atoms with Crippen LogP contribution in [0, 0.1) is 0 Å². The molecule has 1 N–H and O–H groups in total. The molecule has 0 bridgehead atoms. The molecular weight excluding hydrogens is 260 g/mol. The van der Waals surface area contributed by atoms with Gasteiger partial charge in [-0.1, -0.05) is 24.3 Å². The third-order valence-corrected chi connectivity index (χ3v) is 3.73. The van der Waals surface area contributed by atoms with Crippen molar-refractivity contribution in [2.75, 3.05) is 13.1 Å². The van der Waals surface area contributed by atoms with Gasteiger partial charge in [-0.15, -0.1) is 4.40 Å². The first-order chi connectivity index (χ1) is 9.10. The van der Waals surface area contributed by atoms with Gasteiger partial charge in [0.05, 0.1) is 4.90 Å². The van der Waals surface area contributed by atoms with Gasteiger partial charge in [0.1, 0.15) is 0 Å². The number of allylic oxidation sites excluding steroid dienone is 1. The maximum absolute atomic E-state index is 11.6. The Labute approximate surface area is 114 Å². The number of hydrogen-bond acceptors (Lipinski definition) is 3. The van der Waals surface area contributed by atoms with Crippen LogP contribution in [-0.2, 0) is 16.4 Å². The number of hydrogen-bond donors (Lipinski definition) is 1. The first-order valence-electron chi connectivity index (χ1n) is 6.00. The lowest BCUT2D eigenvalue weighted by molar-refractivity contribution is 0.598. The van der Waals surface area contributed by atoms with Crippen molar-refractivity contribution >= 4 is 15.9 Å². The molecule has 0 heterocycles. The van der Waals surface area contributed by atoms with E-state index in [2.05, 4.69) is 16.3 Å². The van der Waals surface area contributed by atoms with E-state index in [1.165, 1.54) is 0 Å². The lowest BCUT2D eigenvalue weighted by Crippen LogP contribution is -2.16. The van der Waals surface area contributed by atoms with Crippen molar-refractivity contribution in [2.24, 2.45) is 4.40 Å². The van der Waals surface area contributed by atoms with Crippen molar-refractivity contribution in [3.05, 3.63) is 48.6 Å². The Morgan fingerprint density at radius 2 is 2.05 bits per heavy atom. The van der Waals surface area contributed by atoms with Crippen molar-refractivity contribution in [1.29, 1.82) is 0 Å². The van der Waals surface area contributed by atoms with E-state index in [0.29, 0.717) is 0 Å². The third-order valence-electron chi connectivity index (χ3n) is 2.49. The highest BCUT2D eigenvalue weighted by Crippen LogP contribution is 2.13. The fourth-order valence-electron chi connectivity index (χ4n) is 1.50. The molecule has 1 aromatic carbocycles. The Bertz CT molecular complexity index is 568. The molecule has 1 rings (SSSR count). The van der Waals surface area contributed by atoms with Crippen LogP contribution in [0.3, 0.4) is 0 Å². The summed E-state index contributed by atoms with van der Waals surface area (Å²) in [4.78, 5) is 0.161. The Morgan fingerprint density at radius 1 is 1.37 bits per heavy atom. The summed E-state index contributed by atoms with van der Waals surface area (Å²) in [6, 6.07) is 6.70. The number of rotatable bonds is 7. The van der Waals surface area contributed by atoms with Gasteiger partial charge in [0.25, 0.3) is 10.0 Å². The van der Waals surface area contributed by atoms with E-state index in [0.717, 1.165) is 25.1 Å². The quantitative estimate of drug-likeness (QED) is 0.471. The smallest absolute Gasteiger partial charge is 0.289 e. The van der Waals surface area contributed by atoms with E-state index in [9.17, 15) is 8.42 Å². The fourth-order valence-corrected chi connectivity index (χ4v) is 2.26. The summed E-state index contributed by atoms with van der Waals surface area (Å²) < 4.78 is 26.4. The first-order valence-corrected chi connectivity index (χ1v) is 7.44. The van der Waals surface area contributed by atoms with E-state index in [1.807, 2.05) is 24.9 Å². The summed E-state index contributed by atoms with van der Waals surface area (Å²) in [5.74, 6) is 2.05. The number of benzene rings is 1. The van der Waals surface area contributed by atoms with Crippen molar-refractivity contribution < 1.29 is 8.42 Å². The molecule has 0 atom stereocenters. The van der Waals surface area contributed by atoms with Gasteiger partial charge in [0, 0.05) is 6.54 Å². The van der Waals surface area contributed by atoms with Gasteiger partial charge >= 0.3 is 0 Å². The van der Waals surface area contributed by atoms with Crippen LogP contribution in [0.15, 0.2) is 52.3 Å². The van der Waals surface area contributed by atoms with Crippen LogP contribution in [0.2, 0.25) is 0 Å². The van der Waals surface area contributed by atoms with Gasteiger partial charge in [-0.2, -0.15) is 8.42 Å². The molecule has 0 aliphatic carbocycles. The van der Waals surface area contributed by atoms with E-state index < -0.39 is 10.0 Å². The van der Waals surface area contributed by atoms with Crippen molar-refractivity contribution in [3.8, 4) is 0 Å². The van der Waals surface area contributed by atoms with Gasteiger partial charge < -0.3 is 5.32 Å². The minimum absolute atomic E-state index is 0.161. The molecule has 0 spiro atoms. The average Bonchev–Trinajstić information content (AvgIpc) is 2.39. The molecule has 0 radical (unpaired) electrons. The second-order valence-corrected chi connectivity index (χ2v) is 5.50. The highest BCUT2D eigenvalue weighted by atomic mass is 32.2. The first kappa shape index (κ1) is 15.4.